The van der Waals surface area contributed by atoms with Crippen molar-refractivity contribution in [1.29, 1.82) is 0 Å². The third kappa shape index (κ3) is 6.46. The normalized spacial score (nSPS) is 11.5. The molecule has 0 atom stereocenters. The highest BCUT2D eigenvalue weighted by molar-refractivity contribution is 6.76. The van der Waals surface area contributed by atoms with Crippen molar-refractivity contribution >= 4 is 8.07 Å². The van der Waals surface area contributed by atoms with Gasteiger partial charge in [0.1, 0.15) is 12.4 Å². The van der Waals surface area contributed by atoms with Crippen LogP contribution < -0.4 is 4.74 Å². The number of rotatable bonds is 7. The van der Waals surface area contributed by atoms with E-state index < -0.39 is 8.07 Å². The van der Waals surface area contributed by atoms with Gasteiger partial charge >= 0.3 is 0 Å². The first kappa shape index (κ1) is 14.2. The number of hydrogen-bond donors (Lipinski definition) is 0. The first-order chi connectivity index (χ1) is 8.01. The first-order valence-electron chi connectivity index (χ1n) is 5.89. The third-order valence-electron chi connectivity index (χ3n) is 2.40. The first-order valence-corrected chi connectivity index (χ1v) is 9.59. The number of ether oxygens (including phenoxy) is 2. The molecule has 1 rings (SSSR count). The predicted molar refractivity (Wildman–Crippen MR) is 70.4 cm³/mol. The minimum absolute atomic E-state index is 0.188. The molecule has 17 heavy (non-hydrogen) atoms. The maximum Gasteiger partial charge on any atom is 0.189 e. The van der Waals surface area contributed by atoms with Gasteiger partial charge in [-0.1, -0.05) is 31.8 Å². The van der Waals surface area contributed by atoms with Gasteiger partial charge < -0.3 is 9.47 Å². The Morgan fingerprint density at radius 1 is 1.12 bits per heavy atom. The maximum absolute atomic E-state index is 10.6. The average Bonchev–Trinajstić information content (AvgIpc) is 2.28. The molecule has 0 aliphatic rings. The number of hydrogen-bond acceptors (Lipinski definition) is 2. The molecule has 1 aromatic carbocycles. The fraction of sp³-hybridized carbons (Fsp3) is 0.538. The van der Waals surface area contributed by atoms with Crippen LogP contribution in [0, 0.1) is 0 Å². The fourth-order valence-corrected chi connectivity index (χ4v) is 1.99. The molecular formula is C13H21O3Si. The monoisotopic (exact) mass is 253 g/mol. The van der Waals surface area contributed by atoms with Gasteiger partial charge in [0, 0.05) is 14.7 Å². The Hall–Kier alpha value is -0.843. The molecule has 95 valence electrons. The Balaban J connectivity index is 2.18. The van der Waals surface area contributed by atoms with Gasteiger partial charge in [0.05, 0.1) is 0 Å². The molecule has 0 bridgehead atoms. The predicted octanol–water partition coefficient (Wildman–Crippen LogP) is 3.31. The van der Waals surface area contributed by atoms with E-state index in [1.807, 2.05) is 0 Å². The van der Waals surface area contributed by atoms with E-state index in [0.717, 1.165) is 24.0 Å². The molecule has 0 fully saturated rings. The molecule has 0 aliphatic heterocycles. The maximum atomic E-state index is 10.6. The summed E-state index contributed by atoms with van der Waals surface area (Å²) in [6.45, 7) is 7.80. The molecule has 0 aliphatic carbocycles. The van der Waals surface area contributed by atoms with Crippen LogP contribution in [0.15, 0.2) is 24.3 Å². The number of benzene rings is 1. The van der Waals surface area contributed by atoms with E-state index in [-0.39, 0.29) is 13.4 Å². The van der Waals surface area contributed by atoms with Crippen LogP contribution in [0.3, 0.4) is 0 Å². The van der Waals surface area contributed by atoms with Crippen molar-refractivity contribution in [3.05, 3.63) is 29.8 Å². The summed E-state index contributed by atoms with van der Waals surface area (Å²) < 4.78 is 10.8. The molecule has 1 radical (unpaired) electrons. The lowest BCUT2D eigenvalue weighted by Gasteiger charge is -2.15. The van der Waals surface area contributed by atoms with Gasteiger partial charge in [0.25, 0.3) is 0 Å². The van der Waals surface area contributed by atoms with Gasteiger partial charge in [0.15, 0.2) is 6.79 Å². The lowest BCUT2D eigenvalue weighted by molar-refractivity contribution is 0.0220. The Bertz CT molecular complexity index is 316. The molecule has 3 nitrogen and oxygen atoms in total. The molecule has 0 saturated heterocycles. The van der Waals surface area contributed by atoms with Gasteiger partial charge in [-0.25, -0.2) is 5.11 Å². The molecule has 0 heterocycles. The van der Waals surface area contributed by atoms with E-state index in [9.17, 15) is 5.11 Å². The second-order valence-corrected chi connectivity index (χ2v) is 10.9. The molecule has 1 aromatic rings. The molecule has 0 saturated carbocycles. The zero-order valence-electron chi connectivity index (χ0n) is 10.9. The van der Waals surface area contributed by atoms with Gasteiger partial charge in [-0.05, 0) is 23.7 Å². The Morgan fingerprint density at radius 2 is 1.76 bits per heavy atom. The van der Waals surface area contributed by atoms with Crippen molar-refractivity contribution in [2.45, 2.75) is 32.3 Å². The minimum atomic E-state index is -1.01. The molecule has 0 N–H and O–H groups in total. The zero-order chi connectivity index (χ0) is 12.7. The molecular weight excluding hydrogens is 232 g/mol. The fourth-order valence-electron chi connectivity index (χ4n) is 1.23. The summed E-state index contributed by atoms with van der Waals surface area (Å²) in [6.07, 6.45) is 0. The van der Waals surface area contributed by atoms with Crippen LogP contribution in [-0.4, -0.2) is 21.5 Å². The second-order valence-electron chi connectivity index (χ2n) is 5.27. The molecule has 0 aromatic heterocycles. The van der Waals surface area contributed by atoms with Crippen LogP contribution in [0.1, 0.15) is 5.56 Å². The lowest BCUT2D eigenvalue weighted by atomic mass is 10.2. The summed E-state index contributed by atoms with van der Waals surface area (Å²) in [6, 6.07) is 8.31. The average molecular weight is 253 g/mol. The van der Waals surface area contributed by atoms with E-state index in [2.05, 4.69) is 19.6 Å². The van der Waals surface area contributed by atoms with Crippen LogP contribution >= 0.6 is 0 Å². The molecule has 4 heteroatoms. The quantitative estimate of drug-likeness (QED) is 0.425. The van der Waals surface area contributed by atoms with E-state index in [1.165, 1.54) is 0 Å². The molecule has 0 unspecified atom stereocenters. The molecule has 0 amide bonds. The van der Waals surface area contributed by atoms with Crippen molar-refractivity contribution < 1.29 is 14.6 Å². The van der Waals surface area contributed by atoms with Crippen LogP contribution in [0.5, 0.6) is 5.75 Å². The summed E-state index contributed by atoms with van der Waals surface area (Å²) in [4.78, 5) is 0. The largest absolute Gasteiger partial charge is 0.468 e. The van der Waals surface area contributed by atoms with Crippen molar-refractivity contribution in [3.8, 4) is 5.75 Å². The van der Waals surface area contributed by atoms with Crippen molar-refractivity contribution in [2.24, 2.45) is 0 Å². The summed E-state index contributed by atoms with van der Waals surface area (Å²) in [5.41, 5.74) is 0.775. The van der Waals surface area contributed by atoms with E-state index in [4.69, 9.17) is 9.47 Å². The van der Waals surface area contributed by atoms with Gasteiger partial charge in [-0.15, -0.1) is 0 Å². The summed E-state index contributed by atoms with van der Waals surface area (Å²) >= 11 is 0. The molecule has 0 spiro atoms. The zero-order valence-corrected chi connectivity index (χ0v) is 11.9. The van der Waals surface area contributed by atoms with Crippen molar-refractivity contribution in [1.82, 2.24) is 0 Å². The minimum Gasteiger partial charge on any atom is -0.468 e. The smallest absolute Gasteiger partial charge is 0.189 e. The summed E-state index contributed by atoms with van der Waals surface area (Å²) in [5.74, 6) is 0.746. The Kier molecular flexibility index (Phi) is 5.68. The highest BCUT2D eigenvalue weighted by Gasteiger charge is 2.11. The van der Waals surface area contributed by atoms with E-state index >= 15 is 0 Å². The van der Waals surface area contributed by atoms with Gasteiger partial charge in [0.2, 0.25) is 0 Å². The summed E-state index contributed by atoms with van der Waals surface area (Å²) in [5, 5.41) is 10.6. The highest BCUT2D eigenvalue weighted by Crippen LogP contribution is 2.12. The Morgan fingerprint density at radius 3 is 2.29 bits per heavy atom. The summed E-state index contributed by atoms with van der Waals surface area (Å²) in [7, 11) is -1.01. The van der Waals surface area contributed by atoms with Crippen molar-refractivity contribution in [3.63, 3.8) is 0 Å². The van der Waals surface area contributed by atoms with E-state index in [0.29, 0.717) is 0 Å². The van der Waals surface area contributed by atoms with Gasteiger partial charge in [-0.2, -0.15) is 0 Å². The van der Waals surface area contributed by atoms with Crippen LogP contribution in [0.4, 0.5) is 0 Å². The highest BCUT2D eigenvalue weighted by atomic mass is 28.3. The van der Waals surface area contributed by atoms with E-state index in [1.54, 1.807) is 24.3 Å². The second kappa shape index (κ2) is 6.79. The standard InChI is InChI=1S/C13H21O3Si/c1-17(2,3)9-8-15-11-16-13-6-4-12(10-14)5-7-13/h4-7H,8-11H2,1-3H3. The van der Waals surface area contributed by atoms with Crippen LogP contribution in [0.2, 0.25) is 25.7 Å². The topological polar surface area (TPSA) is 38.4 Å². The van der Waals surface area contributed by atoms with Crippen molar-refractivity contribution in [2.75, 3.05) is 13.4 Å². The Labute approximate surface area is 104 Å². The van der Waals surface area contributed by atoms with Crippen LogP contribution in [0.25, 0.3) is 0 Å². The van der Waals surface area contributed by atoms with Gasteiger partial charge in [-0.3, -0.25) is 0 Å². The van der Waals surface area contributed by atoms with Crippen LogP contribution in [-0.2, 0) is 16.5 Å². The lowest BCUT2D eigenvalue weighted by Crippen LogP contribution is -2.22. The SMILES string of the molecule is C[Si](C)(C)CCOCOc1ccc(C[O])cc1. The third-order valence-corrected chi connectivity index (χ3v) is 4.10.